The molecule has 2 heterocycles. The molecule has 0 fully saturated rings. The van der Waals surface area contributed by atoms with E-state index in [1.165, 1.54) is 22.7 Å². The van der Waals surface area contributed by atoms with E-state index < -0.39 is 0 Å². The third kappa shape index (κ3) is 4.13. The Balaban J connectivity index is 2.00. The Morgan fingerprint density at radius 3 is 2.63 bits per heavy atom. The Labute approximate surface area is 119 Å². The van der Waals surface area contributed by atoms with Crippen LogP contribution in [0.1, 0.15) is 9.75 Å². The van der Waals surface area contributed by atoms with Crippen LogP contribution < -0.4 is 17.2 Å². The Morgan fingerprint density at radius 2 is 1.95 bits per heavy atom. The number of hydrogen-bond acceptors (Lipinski definition) is 7. The number of hydrogen-bond donors (Lipinski definition) is 3. The third-order valence-electron chi connectivity index (χ3n) is 2.06. The number of thioether (sulfide) groups is 1. The second kappa shape index (κ2) is 6.43. The molecule has 2 rings (SSSR count). The van der Waals surface area contributed by atoms with E-state index >= 15 is 0 Å². The largest absolute Gasteiger partial charge is 0.383 e. The number of nitrogen functional groups attached to an aromatic ring is 2. The SMILES string of the molecule is NCC#Cc1ccc(CSc2nc(N)cc(N)n2)s1. The van der Waals surface area contributed by atoms with E-state index in [4.69, 9.17) is 17.2 Å². The minimum Gasteiger partial charge on any atom is -0.383 e. The van der Waals surface area contributed by atoms with Gasteiger partial charge in [0.25, 0.3) is 0 Å². The van der Waals surface area contributed by atoms with Crippen molar-refractivity contribution in [2.45, 2.75) is 10.9 Å². The Hall–Kier alpha value is -1.75. The first-order valence-electron chi connectivity index (χ1n) is 5.48. The summed E-state index contributed by atoms with van der Waals surface area (Å²) in [6.45, 7) is 0.373. The number of aromatic nitrogens is 2. The molecule has 0 aliphatic heterocycles. The first kappa shape index (κ1) is 13.7. The van der Waals surface area contributed by atoms with Crippen LogP contribution in [0.3, 0.4) is 0 Å². The average Bonchev–Trinajstić information content (AvgIpc) is 2.81. The molecule has 0 radical (unpaired) electrons. The van der Waals surface area contributed by atoms with Gasteiger partial charge in [0.15, 0.2) is 5.16 Å². The summed E-state index contributed by atoms with van der Waals surface area (Å²) in [6.07, 6.45) is 0. The fraction of sp³-hybridized carbons (Fsp3) is 0.167. The molecule has 5 nitrogen and oxygen atoms in total. The topological polar surface area (TPSA) is 104 Å². The maximum absolute atomic E-state index is 5.62. The molecule has 0 saturated heterocycles. The van der Waals surface area contributed by atoms with Crippen molar-refractivity contribution in [3.05, 3.63) is 28.0 Å². The molecule has 2 aromatic heterocycles. The van der Waals surface area contributed by atoms with Gasteiger partial charge in [-0.15, -0.1) is 11.3 Å². The number of anilines is 2. The normalized spacial score (nSPS) is 9.95. The molecular weight excluding hydrogens is 278 g/mol. The van der Waals surface area contributed by atoms with Gasteiger partial charge in [-0.25, -0.2) is 9.97 Å². The molecule has 0 bridgehead atoms. The van der Waals surface area contributed by atoms with Crippen LogP contribution >= 0.6 is 23.1 Å². The highest BCUT2D eigenvalue weighted by atomic mass is 32.2. The molecule has 2 aromatic rings. The Kier molecular flexibility index (Phi) is 4.63. The molecule has 0 aliphatic carbocycles. The lowest BCUT2D eigenvalue weighted by molar-refractivity contribution is 0.984. The monoisotopic (exact) mass is 291 g/mol. The maximum atomic E-state index is 5.62. The number of rotatable bonds is 3. The standard InChI is InChI=1S/C12H13N5S2/c13-5-1-2-8-3-4-9(19-8)7-18-12-16-10(14)6-11(15)17-12/h3-4,6H,5,7,13H2,(H4,14,15,16,17). The van der Waals surface area contributed by atoms with E-state index in [1.807, 2.05) is 12.1 Å². The second-order valence-electron chi connectivity index (χ2n) is 3.56. The Morgan fingerprint density at radius 1 is 1.21 bits per heavy atom. The molecule has 0 aromatic carbocycles. The molecule has 98 valence electrons. The molecule has 0 atom stereocenters. The summed E-state index contributed by atoms with van der Waals surface area (Å²) in [7, 11) is 0. The van der Waals surface area contributed by atoms with Crippen molar-refractivity contribution in [3.8, 4) is 11.8 Å². The quantitative estimate of drug-likeness (QED) is 0.447. The molecule has 0 saturated carbocycles. The summed E-state index contributed by atoms with van der Waals surface area (Å²) in [5, 5.41) is 0.584. The van der Waals surface area contributed by atoms with E-state index in [-0.39, 0.29) is 0 Å². The van der Waals surface area contributed by atoms with Gasteiger partial charge in [-0.1, -0.05) is 23.6 Å². The lowest BCUT2D eigenvalue weighted by atomic mass is 10.4. The summed E-state index contributed by atoms with van der Waals surface area (Å²) in [6, 6.07) is 5.56. The van der Waals surface area contributed by atoms with Gasteiger partial charge in [0.1, 0.15) is 11.6 Å². The zero-order chi connectivity index (χ0) is 13.7. The lowest BCUT2D eigenvalue weighted by Gasteiger charge is -2.01. The summed E-state index contributed by atoms with van der Waals surface area (Å²) < 4.78 is 0. The van der Waals surface area contributed by atoms with Crippen LogP contribution in [-0.2, 0) is 5.75 Å². The predicted molar refractivity (Wildman–Crippen MR) is 80.7 cm³/mol. The highest BCUT2D eigenvalue weighted by Crippen LogP contribution is 2.25. The van der Waals surface area contributed by atoms with Gasteiger partial charge in [0.05, 0.1) is 11.4 Å². The van der Waals surface area contributed by atoms with Crippen molar-refractivity contribution < 1.29 is 0 Å². The van der Waals surface area contributed by atoms with E-state index in [9.17, 15) is 0 Å². The van der Waals surface area contributed by atoms with Crippen molar-refractivity contribution in [1.29, 1.82) is 0 Å². The van der Waals surface area contributed by atoms with E-state index in [0.29, 0.717) is 23.3 Å². The Bertz CT molecular complexity index is 606. The minimum absolute atomic E-state index is 0.373. The summed E-state index contributed by atoms with van der Waals surface area (Å²) in [4.78, 5) is 10.4. The van der Waals surface area contributed by atoms with Crippen molar-refractivity contribution in [1.82, 2.24) is 9.97 Å². The van der Waals surface area contributed by atoms with Crippen LogP contribution in [0.2, 0.25) is 0 Å². The summed E-state index contributed by atoms with van der Waals surface area (Å²) in [5.74, 6) is 7.37. The van der Waals surface area contributed by atoms with Gasteiger partial charge in [-0.3, -0.25) is 0 Å². The van der Waals surface area contributed by atoms with E-state index in [1.54, 1.807) is 11.3 Å². The van der Waals surface area contributed by atoms with Crippen LogP contribution in [0, 0.1) is 11.8 Å². The van der Waals surface area contributed by atoms with Crippen LogP contribution in [0.15, 0.2) is 23.4 Å². The lowest BCUT2D eigenvalue weighted by Crippen LogP contribution is -1.99. The molecule has 0 amide bonds. The smallest absolute Gasteiger partial charge is 0.191 e. The van der Waals surface area contributed by atoms with Crippen molar-refractivity contribution >= 4 is 34.7 Å². The fourth-order valence-electron chi connectivity index (χ4n) is 1.32. The predicted octanol–water partition coefficient (Wildman–Crippen LogP) is 1.31. The molecule has 0 spiro atoms. The number of nitrogens with zero attached hydrogens (tertiary/aromatic N) is 2. The van der Waals surface area contributed by atoms with Gasteiger partial charge in [-0.05, 0) is 12.1 Å². The highest BCUT2D eigenvalue weighted by Gasteiger charge is 2.04. The fourth-order valence-corrected chi connectivity index (χ4v) is 3.12. The maximum Gasteiger partial charge on any atom is 0.191 e. The summed E-state index contributed by atoms with van der Waals surface area (Å²) >= 11 is 3.13. The van der Waals surface area contributed by atoms with Crippen molar-refractivity contribution in [2.75, 3.05) is 18.0 Å². The van der Waals surface area contributed by atoms with Crippen LogP contribution in [0.25, 0.3) is 0 Å². The molecule has 6 N–H and O–H groups in total. The van der Waals surface area contributed by atoms with E-state index in [2.05, 4.69) is 21.8 Å². The molecule has 7 heteroatoms. The van der Waals surface area contributed by atoms with E-state index in [0.717, 1.165) is 10.6 Å². The average molecular weight is 291 g/mol. The van der Waals surface area contributed by atoms with Crippen LogP contribution in [0.5, 0.6) is 0 Å². The van der Waals surface area contributed by atoms with Crippen LogP contribution in [-0.4, -0.2) is 16.5 Å². The van der Waals surface area contributed by atoms with Gasteiger partial charge in [0.2, 0.25) is 0 Å². The zero-order valence-electron chi connectivity index (χ0n) is 10.1. The first-order valence-corrected chi connectivity index (χ1v) is 7.28. The van der Waals surface area contributed by atoms with Gasteiger partial charge >= 0.3 is 0 Å². The zero-order valence-corrected chi connectivity index (χ0v) is 11.7. The molecular formula is C12H13N5S2. The molecule has 0 unspecified atom stereocenters. The molecule has 19 heavy (non-hydrogen) atoms. The van der Waals surface area contributed by atoms with Crippen molar-refractivity contribution in [3.63, 3.8) is 0 Å². The summed E-state index contributed by atoms with van der Waals surface area (Å²) in [5.41, 5.74) is 16.6. The first-order chi connectivity index (χ1) is 9.17. The van der Waals surface area contributed by atoms with Gasteiger partial charge < -0.3 is 17.2 Å². The molecule has 0 aliphatic rings. The van der Waals surface area contributed by atoms with Crippen LogP contribution in [0.4, 0.5) is 11.6 Å². The number of thiophene rings is 1. The third-order valence-corrected chi connectivity index (χ3v) is 4.14. The second-order valence-corrected chi connectivity index (χ2v) is 5.67. The van der Waals surface area contributed by atoms with Gasteiger partial charge in [0, 0.05) is 16.7 Å². The van der Waals surface area contributed by atoms with Gasteiger partial charge in [-0.2, -0.15) is 0 Å². The number of nitrogens with two attached hydrogens (primary N) is 3. The highest BCUT2D eigenvalue weighted by molar-refractivity contribution is 7.98. The minimum atomic E-state index is 0.373. The van der Waals surface area contributed by atoms with Crippen molar-refractivity contribution in [2.24, 2.45) is 5.73 Å².